The SMILES string of the molecule is O=C(O)C1C2CCCC2CN1C(=O)NCC1CSCCS1. The molecule has 0 aromatic heterocycles. The minimum atomic E-state index is -0.845. The number of rotatable bonds is 3. The molecule has 7 heteroatoms. The Morgan fingerprint density at radius 3 is 2.86 bits per heavy atom. The summed E-state index contributed by atoms with van der Waals surface area (Å²) in [5.41, 5.74) is 0. The number of thioether (sulfide) groups is 2. The fourth-order valence-corrected chi connectivity index (χ4v) is 6.40. The van der Waals surface area contributed by atoms with Gasteiger partial charge in [-0.05, 0) is 24.7 Å². The van der Waals surface area contributed by atoms with E-state index in [1.54, 1.807) is 4.90 Å². The van der Waals surface area contributed by atoms with Gasteiger partial charge in [-0.1, -0.05) is 6.42 Å². The van der Waals surface area contributed by atoms with E-state index in [1.165, 1.54) is 5.75 Å². The summed E-state index contributed by atoms with van der Waals surface area (Å²) in [6, 6.07) is -0.807. The van der Waals surface area contributed by atoms with Crippen molar-refractivity contribution in [3.8, 4) is 0 Å². The highest BCUT2D eigenvalue weighted by atomic mass is 32.2. The molecular formula is C14H22N2O3S2. The van der Waals surface area contributed by atoms with Crippen LogP contribution < -0.4 is 5.32 Å². The first-order valence-corrected chi connectivity index (χ1v) is 9.84. The van der Waals surface area contributed by atoms with Gasteiger partial charge >= 0.3 is 12.0 Å². The predicted octanol–water partition coefficient (Wildman–Crippen LogP) is 1.73. The second kappa shape index (κ2) is 6.69. The third kappa shape index (κ3) is 3.28. The van der Waals surface area contributed by atoms with E-state index in [-0.39, 0.29) is 11.9 Å². The van der Waals surface area contributed by atoms with Gasteiger partial charge in [-0.15, -0.1) is 0 Å². The smallest absolute Gasteiger partial charge is 0.326 e. The minimum absolute atomic E-state index is 0.160. The van der Waals surface area contributed by atoms with Crippen molar-refractivity contribution in [3.05, 3.63) is 0 Å². The van der Waals surface area contributed by atoms with Crippen molar-refractivity contribution in [1.29, 1.82) is 0 Å². The lowest BCUT2D eigenvalue weighted by molar-refractivity contribution is -0.142. The minimum Gasteiger partial charge on any atom is -0.480 e. The van der Waals surface area contributed by atoms with Gasteiger partial charge in [-0.2, -0.15) is 23.5 Å². The van der Waals surface area contributed by atoms with Crippen LogP contribution in [0.1, 0.15) is 19.3 Å². The molecule has 3 rings (SSSR count). The fourth-order valence-electron chi connectivity index (χ4n) is 3.79. The summed E-state index contributed by atoms with van der Waals surface area (Å²) < 4.78 is 0. The van der Waals surface area contributed by atoms with Crippen molar-refractivity contribution < 1.29 is 14.7 Å². The molecule has 118 valence electrons. The van der Waals surface area contributed by atoms with Crippen LogP contribution in [-0.4, -0.2) is 63.6 Å². The zero-order chi connectivity index (χ0) is 14.8. The van der Waals surface area contributed by atoms with Crippen molar-refractivity contribution in [3.63, 3.8) is 0 Å². The molecule has 0 bridgehead atoms. The average molecular weight is 330 g/mol. The molecule has 3 fully saturated rings. The van der Waals surface area contributed by atoms with Gasteiger partial charge in [-0.25, -0.2) is 9.59 Å². The van der Waals surface area contributed by atoms with Crippen LogP contribution in [0, 0.1) is 11.8 Å². The number of nitrogens with zero attached hydrogens (tertiary/aromatic N) is 1. The molecule has 2 saturated heterocycles. The van der Waals surface area contributed by atoms with E-state index in [2.05, 4.69) is 5.32 Å². The van der Waals surface area contributed by atoms with Crippen molar-refractivity contribution in [2.24, 2.45) is 11.8 Å². The summed E-state index contributed by atoms with van der Waals surface area (Å²) in [5, 5.41) is 12.9. The zero-order valence-electron chi connectivity index (χ0n) is 12.0. The molecule has 1 aliphatic carbocycles. The highest BCUT2D eigenvalue weighted by Crippen LogP contribution is 2.42. The van der Waals surface area contributed by atoms with E-state index in [0.717, 1.165) is 30.8 Å². The number of fused-ring (bicyclic) bond motifs is 1. The summed E-state index contributed by atoms with van der Waals surface area (Å²) in [6.45, 7) is 1.26. The summed E-state index contributed by atoms with van der Waals surface area (Å²) in [4.78, 5) is 25.5. The number of aliphatic carboxylic acids is 1. The number of carboxylic acids is 1. The van der Waals surface area contributed by atoms with Gasteiger partial charge in [0.2, 0.25) is 0 Å². The van der Waals surface area contributed by atoms with Crippen LogP contribution in [0.3, 0.4) is 0 Å². The molecule has 5 nitrogen and oxygen atoms in total. The first kappa shape index (κ1) is 15.3. The molecule has 2 heterocycles. The van der Waals surface area contributed by atoms with Gasteiger partial charge in [0, 0.05) is 35.6 Å². The highest BCUT2D eigenvalue weighted by molar-refractivity contribution is 8.06. The molecule has 1 saturated carbocycles. The number of likely N-dealkylation sites (tertiary alicyclic amines) is 1. The maximum absolute atomic E-state index is 12.4. The maximum Gasteiger partial charge on any atom is 0.326 e. The Morgan fingerprint density at radius 1 is 1.29 bits per heavy atom. The Hall–Kier alpha value is -0.560. The third-order valence-electron chi connectivity index (χ3n) is 4.77. The summed E-state index contributed by atoms with van der Waals surface area (Å²) >= 11 is 3.83. The second-order valence-corrected chi connectivity index (χ2v) is 8.60. The molecular weight excluding hydrogens is 308 g/mol. The van der Waals surface area contributed by atoms with E-state index in [1.807, 2.05) is 23.5 Å². The lowest BCUT2D eigenvalue weighted by Gasteiger charge is -2.26. The normalized spacial score (nSPS) is 35.5. The number of hydrogen-bond acceptors (Lipinski definition) is 4. The Kier molecular flexibility index (Phi) is 4.88. The van der Waals surface area contributed by atoms with E-state index in [9.17, 15) is 14.7 Å². The predicted molar refractivity (Wildman–Crippen MR) is 85.9 cm³/mol. The van der Waals surface area contributed by atoms with Crippen LogP contribution >= 0.6 is 23.5 Å². The molecule has 4 atom stereocenters. The van der Waals surface area contributed by atoms with Crippen molar-refractivity contribution in [1.82, 2.24) is 10.2 Å². The second-order valence-electron chi connectivity index (χ2n) is 6.04. The lowest BCUT2D eigenvalue weighted by Crippen LogP contribution is -2.49. The summed E-state index contributed by atoms with van der Waals surface area (Å²) in [5.74, 6) is 3.09. The van der Waals surface area contributed by atoms with E-state index >= 15 is 0 Å². The Morgan fingerprint density at radius 2 is 2.14 bits per heavy atom. The van der Waals surface area contributed by atoms with Crippen LogP contribution in [0.4, 0.5) is 4.79 Å². The van der Waals surface area contributed by atoms with E-state index in [4.69, 9.17) is 0 Å². The van der Waals surface area contributed by atoms with Crippen LogP contribution in [0.25, 0.3) is 0 Å². The molecule has 2 amide bonds. The zero-order valence-corrected chi connectivity index (χ0v) is 13.6. The summed E-state index contributed by atoms with van der Waals surface area (Å²) in [7, 11) is 0. The lowest BCUT2D eigenvalue weighted by atomic mass is 9.94. The number of urea groups is 1. The number of amides is 2. The van der Waals surface area contributed by atoms with Crippen molar-refractivity contribution in [2.45, 2.75) is 30.6 Å². The first-order valence-electron chi connectivity index (χ1n) is 7.63. The monoisotopic (exact) mass is 330 g/mol. The molecule has 0 spiro atoms. The van der Waals surface area contributed by atoms with Crippen molar-refractivity contribution in [2.75, 3.05) is 30.3 Å². The Balaban J connectivity index is 1.57. The van der Waals surface area contributed by atoms with Crippen molar-refractivity contribution >= 4 is 35.5 Å². The number of nitrogens with one attached hydrogen (secondary N) is 1. The topological polar surface area (TPSA) is 69.6 Å². The average Bonchev–Trinajstić information content (AvgIpc) is 3.05. The van der Waals surface area contributed by atoms with Gasteiger partial charge < -0.3 is 15.3 Å². The molecule has 2 N–H and O–H groups in total. The van der Waals surface area contributed by atoms with Gasteiger partial charge in [-0.3, -0.25) is 0 Å². The Bertz CT molecular complexity index is 415. The first-order chi connectivity index (χ1) is 10.2. The number of carbonyl (C=O) groups excluding carboxylic acids is 1. The highest BCUT2D eigenvalue weighted by Gasteiger charge is 2.49. The van der Waals surface area contributed by atoms with Gasteiger partial charge in [0.15, 0.2) is 0 Å². The Labute approximate surface area is 133 Å². The molecule has 21 heavy (non-hydrogen) atoms. The van der Waals surface area contributed by atoms with Gasteiger partial charge in [0.05, 0.1) is 0 Å². The number of carboxylic acid groups (broad SMARTS) is 1. The van der Waals surface area contributed by atoms with Crippen LogP contribution in [-0.2, 0) is 4.79 Å². The molecule has 0 aromatic carbocycles. The molecule has 3 aliphatic rings. The number of hydrogen-bond donors (Lipinski definition) is 2. The molecule has 4 unspecified atom stereocenters. The third-order valence-corrected chi connectivity index (χ3v) is 7.62. The summed E-state index contributed by atoms with van der Waals surface area (Å²) in [6.07, 6.45) is 3.11. The quantitative estimate of drug-likeness (QED) is 0.825. The molecule has 0 radical (unpaired) electrons. The molecule has 2 aliphatic heterocycles. The van der Waals surface area contributed by atoms with Crippen LogP contribution in [0.2, 0.25) is 0 Å². The van der Waals surface area contributed by atoms with E-state index < -0.39 is 12.0 Å². The van der Waals surface area contributed by atoms with Crippen LogP contribution in [0.15, 0.2) is 0 Å². The largest absolute Gasteiger partial charge is 0.480 e. The molecule has 0 aromatic rings. The van der Waals surface area contributed by atoms with Crippen LogP contribution in [0.5, 0.6) is 0 Å². The number of carbonyl (C=O) groups is 2. The fraction of sp³-hybridized carbons (Fsp3) is 0.857. The maximum atomic E-state index is 12.4. The van der Waals surface area contributed by atoms with Gasteiger partial charge in [0.25, 0.3) is 0 Å². The standard InChI is InChI=1S/C14H22N2O3S2/c17-13(18)12-11-3-1-2-9(11)7-16(12)14(19)15-6-10-8-20-4-5-21-10/h9-12H,1-8H2,(H,15,19)(H,17,18). The van der Waals surface area contributed by atoms with E-state index in [0.29, 0.717) is 24.3 Å². The van der Waals surface area contributed by atoms with Gasteiger partial charge in [0.1, 0.15) is 6.04 Å².